The number of carbonyl (C=O) groups is 1. The van der Waals surface area contributed by atoms with E-state index in [1.54, 1.807) is 18.2 Å². The van der Waals surface area contributed by atoms with Crippen molar-refractivity contribution in [1.29, 1.82) is 0 Å². The second-order valence-corrected chi connectivity index (χ2v) is 8.15. The molecule has 1 aromatic rings. The number of nitrogens with one attached hydrogen (secondary N) is 1. The second kappa shape index (κ2) is 9.89. The van der Waals surface area contributed by atoms with E-state index in [2.05, 4.69) is 12.2 Å². The highest BCUT2D eigenvalue weighted by atomic mass is 32.2. The third kappa shape index (κ3) is 5.80. The second-order valence-electron chi connectivity index (χ2n) is 6.21. The van der Waals surface area contributed by atoms with Gasteiger partial charge in [-0.3, -0.25) is 4.79 Å². The highest BCUT2D eigenvalue weighted by molar-refractivity contribution is 7.89. The summed E-state index contributed by atoms with van der Waals surface area (Å²) >= 11 is 0. The number of hydrogen-bond donors (Lipinski definition) is 1. The van der Waals surface area contributed by atoms with Crippen LogP contribution in [0.4, 0.5) is 0 Å². The molecule has 1 amide bonds. The van der Waals surface area contributed by atoms with E-state index in [1.165, 1.54) is 10.4 Å². The van der Waals surface area contributed by atoms with Crippen LogP contribution in [0.3, 0.4) is 0 Å². The van der Waals surface area contributed by atoms with Crippen LogP contribution in [0.25, 0.3) is 0 Å². The average molecular weight is 368 g/mol. The van der Waals surface area contributed by atoms with Crippen molar-refractivity contribution >= 4 is 15.9 Å². The smallest absolute Gasteiger partial charge is 0.251 e. The predicted molar refractivity (Wildman–Crippen MR) is 97.1 cm³/mol. The summed E-state index contributed by atoms with van der Waals surface area (Å²) in [4.78, 5) is 12.4. The van der Waals surface area contributed by atoms with Crippen LogP contribution < -0.4 is 5.32 Å². The van der Waals surface area contributed by atoms with Gasteiger partial charge >= 0.3 is 0 Å². The summed E-state index contributed by atoms with van der Waals surface area (Å²) in [5.41, 5.74) is 0.368. The fraction of sp³-hybridized carbons (Fsp3) is 0.611. The van der Waals surface area contributed by atoms with Gasteiger partial charge in [0.15, 0.2) is 0 Å². The van der Waals surface area contributed by atoms with Crippen LogP contribution in [0, 0.1) is 0 Å². The first-order valence-electron chi connectivity index (χ1n) is 9.02. The maximum absolute atomic E-state index is 12.6. The van der Waals surface area contributed by atoms with Crippen molar-refractivity contribution in [3.8, 4) is 0 Å². The minimum Gasteiger partial charge on any atom is -0.381 e. The zero-order valence-electron chi connectivity index (χ0n) is 14.9. The summed E-state index contributed by atoms with van der Waals surface area (Å²) < 4.78 is 32.1. The van der Waals surface area contributed by atoms with Gasteiger partial charge in [0.1, 0.15) is 0 Å². The van der Waals surface area contributed by atoms with Gasteiger partial charge in [-0.05, 0) is 43.9 Å². The van der Waals surface area contributed by atoms with Crippen LogP contribution >= 0.6 is 0 Å². The standard InChI is InChI=1S/C18H28N2O4S/c1-2-3-13-24-14-7-10-19-18(21)16-8-6-9-17(15-16)25(22,23)20-11-4-5-12-20/h6,8-9,15H,2-5,7,10-14H2,1H3,(H,19,21). The molecule has 0 radical (unpaired) electrons. The van der Waals surface area contributed by atoms with Crippen LogP contribution in [0.15, 0.2) is 29.2 Å². The molecular weight excluding hydrogens is 340 g/mol. The highest BCUT2D eigenvalue weighted by Gasteiger charge is 2.27. The van der Waals surface area contributed by atoms with Crippen LogP contribution in [-0.4, -0.2) is 51.5 Å². The molecule has 0 saturated carbocycles. The number of rotatable bonds is 10. The van der Waals surface area contributed by atoms with E-state index in [9.17, 15) is 13.2 Å². The summed E-state index contributed by atoms with van der Waals surface area (Å²) in [6.07, 6.45) is 4.67. The molecule has 1 N–H and O–H groups in total. The summed E-state index contributed by atoms with van der Waals surface area (Å²) in [5, 5.41) is 2.81. The van der Waals surface area contributed by atoms with Gasteiger partial charge in [-0.1, -0.05) is 19.4 Å². The maximum Gasteiger partial charge on any atom is 0.251 e. The Morgan fingerprint density at radius 3 is 2.64 bits per heavy atom. The van der Waals surface area contributed by atoms with Gasteiger partial charge in [0.2, 0.25) is 10.0 Å². The van der Waals surface area contributed by atoms with Crippen LogP contribution in [-0.2, 0) is 14.8 Å². The number of nitrogens with zero attached hydrogens (tertiary/aromatic N) is 1. The van der Waals surface area contributed by atoms with Gasteiger partial charge in [0.25, 0.3) is 5.91 Å². The van der Waals surface area contributed by atoms with Crippen LogP contribution in [0.1, 0.15) is 49.4 Å². The predicted octanol–water partition coefficient (Wildman–Crippen LogP) is 2.41. The quantitative estimate of drug-likeness (QED) is 0.644. The molecule has 140 valence electrons. The molecule has 1 aliphatic heterocycles. The fourth-order valence-electron chi connectivity index (χ4n) is 2.70. The molecular formula is C18H28N2O4S. The number of unbranched alkanes of at least 4 members (excludes halogenated alkanes) is 1. The monoisotopic (exact) mass is 368 g/mol. The molecule has 1 heterocycles. The van der Waals surface area contributed by atoms with Crippen molar-refractivity contribution in [3.63, 3.8) is 0 Å². The molecule has 1 aliphatic rings. The number of ether oxygens (including phenoxy) is 1. The van der Waals surface area contributed by atoms with Gasteiger partial charge in [-0.2, -0.15) is 4.31 Å². The first kappa shape index (κ1) is 19.9. The van der Waals surface area contributed by atoms with Gasteiger partial charge in [0.05, 0.1) is 4.90 Å². The van der Waals surface area contributed by atoms with Crippen molar-refractivity contribution in [1.82, 2.24) is 9.62 Å². The lowest BCUT2D eigenvalue weighted by molar-refractivity contribution is 0.0940. The molecule has 1 fully saturated rings. The number of benzene rings is 1. The lowest BCUT2D eigenvalue weighted by Crippen LogP contribution is -2.29. The van der Waals surface area contributed by atoms with Gasteiger partial charge in [-0.25, -0.2) is 8.42 Å². The average Bonchev–Trinajstić information content (AvgIpc) is 3.16. The summed E-state index contributed by atoms with van der Waals surface area (Å²) in [7, 11) is -3.50. The number of amides is 1. The largest absolute Gasteiger partial charge is 0.381 e. The lowest BCUT2D eigenvalue weighted by atomic mass is 10.2. The van der Waals surface area contributed by atoms with E-state index in [4.69, 9.17) is 4.74 Å². The third-order valence-corrected chi connectivity index (χ3v) is 6.09. The Balaban J connectivity index is 1.86. The molecule has 0 aromatic heterocycles. The molecule has 0 unspecified atom stereocenters. The first-order chi connectivity index (χ1) is 12.1. The number of carbonyl (C=O) groups excluding carboxylic acids is 1. The normalized spacial score (nSPS) is 15.4. The third-order valence-electron chi connectivity index (χ3n) is 4.19. The number of sulfonamides is 1. The SMILES string of the molecule is CCCCOCCCNC(=O)c1cccc(S(=O)(=O)N2CCCC2)c1. The molecule has 0 bridgehead atoms. The highest BCUT2D eigenvalue weighted by Crippen LogP contribution is 2.21. The molecule has 1 aromatic carbocycles. The topological polar surface area (TPSA) is 75.7 Å². The molecule has 0 aliphatic carbocycles. The zero-order chi connectivity index (χ0) is 18.1. The summed E-state index contributed by atoms with van der Waals surface area (Å²) in [6.45, 7) is 5.09. The van der Waals surface area contributed by atoms with E-state index in [0.29, 0.717) is 31.8 Å². The van der Waals surface area contributed by atoms with E-state index >= 15 is 0 Å². The Labute approximate surface area is 150 Å². The summed E-state index contributed by atoms with van der Waals surface area (Å²) in [6, 6.07) is 6.26. The van der Waals surface area contributed by atoms with Crippen molar-refractivity contribution in [2.75, 3.05) is 32.8 Å². The minimum absolute atomic E-state index is 0.185. The van der Waals surface area contributed by atoms with Crippen LogP contribution in [0.5, 0.6) is 0 Å². The Morgan fingerprint density at radius 1 is 1.20 bits per heavy atom. The molecule has 6 nitrogen and oxygen atoms in total. The fourth-order valence-corrected chi connectivity index (χ4v) is 4.27. The minimum atomic E-state index is -3.50. The van der Waals surface area contributed by atoms with Crippen LogP contribution in [0.2, 0.25) is 0 Å². The van der Waals surface area contributed by atoms with Gasteiger partial charge in [-0.15, -0.1) is 0 Å². The molecule has 7 heteroatoms. The first-order valence-corrected chi connectivity index (χ1v) is 10.5. The van der Waals surface area contributed by atoms with Crippen molar-refractivity contribution < 1.29 is 17.9 Å². The van der Waals surface area contributed by atoms with E-state index in [0.717, 1.165) is 38.7 Å². The molecule has 25 heavy (non-hydrogen) atoms. The summed E-state index contributed by atoms with van der Waals surface area (Å²) in [5.74, 6) is -0.257. The Bertz CT molecular complexity index is 655. The van der Waals surface area contributed by atoms with E-state index in [1.807, 2.05) is 0 Å². The van der Waals surface area contributed by atoms with Crippen molar-refractivity contribution in [2.45, 2.75) is 43.9 Å². The van der Waals surface area contributed by atoms with E-state index in [-0.39, 0.29) is 10.8 Å². The number of hydrogen-bond acceptors (Lipinski definition) is 4. The lowest BCUT2D eigenvalue weighted by Gasteiger charge is -2.16. The molecule has 0 spiro atoms. The molecule has 2 rings (SSSR count). The Hall–Kier alpha value is -1.44. The van der Waals surface area contributed by atoms with Crippen molar-refractivity contribution in [2.24, 2.45) is 0 Å². The molecule has 0 atom stereocenters. The Morgan fingerprint density at radius 2 is 1.92 bits per heavy atom. The van der Waals surface area contributed by atoms with Gasteiger partial charge in [0, 0.05) is 38.4 Å². The zero-order valence-corrected chi connectivity index (χ0v) is 15.7. The molecule has 1 saturated heterocycles. The van der Waals surface area contributed by atoms with Gasteiger partial charge < -0.3 is 10.1 Å². The van der Waals surface area contributed by atoms with Crippen molar-refractivity contribution in [3.05, 3.63) is 29.8 Å². The maximum atomic E-state index is 12.6. The Kier molecular flexibility index (Phi) is 7.87. The van der Waals surface area contributed by atoms with E-state index < -0.39 is 10.0 Å².